The smallest absolute Gasteiger partial charge is 0.311 e. The zero-order valence-corrected chi connectivity index (χ0v) is 11.4. The van der Waals surface area contributed by atoms with Gasteiger partial charge in [-0.15, -0.1) is 0 Å². The van der Waals surface area contributed by atoms with Crippen LogP contribution >= 0.6 is 0 Å². The van der Waals surface area contributed by atoms with Crippen LogP contribution in [0.15, 0.2) is 42.5 Å². The number of hydrogen-bond acceptors (Lipinski definition) is 4. The van der Waals surface area contributed by atoms with Crippen LogP contribution in [-0.2, 0) is 6.54 Å². The number of nitrogens with zero attached hydrogens (tertiary/aromatic N) is 1. The van der Waals surface area contributed by atoms with Gasteiger partial charge < -0.3 is 10.1 Å². The fourth-order valence-electron chi connectivity index (χ4n) is 1.90. The van der Waals surface area contributed by atoms with Crippen molar-refractivity contribution in [2.75, 3.05) is 7.05 Å². The van der Waals surface area contributed by atoms with Crippen molar-refractivity contribution in [2.24, 2.45) is 0 Å². The Hall–Kier alpha value is -2.40. The normalized spacial score (nSPS) is 10.3. The Morgan fingerprint density at radius 2 is 2.05 bits per heavy atom. The molecule has 0 saturated carbocycles. The summed E-state index contributed by atoms with van der Waals surface area (Å²) in [6.45, 7) is 2.58. The van der Waals surface area contributed by atoms with E-state index in [4.69, 9.17) is 4.74 Å². The summed E-state index contributed by atoms with van der Waals surface area (Å²) in [5.74, 6) is 0.850. The van der Waals surface area contributed by atoms with Gasteiger partial charge in [-0.25, -0.2) is 0 Å². The summed E-state index contributed by atoms with van der Waals surface area (Å²) in [6.07, 6.45) is 0. The second-order valence-corrected chi connectivity index (χ2v) is 4.51. The lowest BCUT2D eigenvalue weighted by Gasteiger charge is -2.08. The fourth-order valence-corrected chi connectivity index (χ4v) is 1.90. The van der Waals surface area contributed by atoms with Crippen LogP contribution in [0.5, 0.6) is 11.5 Å². The van der Waals surface area contributed by atoms with Crippen LogP contribution < -0.4 is 10.1 Å². The fraction of sp³-hybridized carbons (Fsp3) is 0.200. The predicted molar refractivity (Wildman–Crippen MR) is 77.1 cm³/mol. The highest BCUT2D eigenvalue weighted by atomic mass is 16.6. The minimum absolute atomic E-state index is 0.0328. The topological polar surface area (TPSA) is 64.4 Å². The summed E-state index contributed by atoms with van der Waals surface area (Å²) in [7, 11) is 1.86. The highest BCUT2D eigenvalue weighted by Crippen LogP contribution is 2.32. The van der Waals surface area contributed by atoms with Crippen LogP contribution in [0.25, 0.3) is 0 Å². The van der Waals surface area contributed by atoms with Crippen LogP contribution in [0.2, 0.25) is 0 Å². The number of nitro groups is 1. The van der Waals surface area contributed by atoms with E-state index in [2.05, 4.69) is 5.32 Å². The maximum Gasteiger partial charge on any atom is 0.311 e. The van der Waals surface area contributed by atoms with Crippen molar-refractivity contribution in [3.63, 3.8) is 0 Å². The molecular formula is C15H16N2O3. The van der Waals surface area contributed by atoms with Crippen LogP contribution in [0.1, 0.15) is 11.1 Å². The average Bonchev–Trinajstić information content (AvgIpc) is 2.39. The maximum atomic E-state index is 11.0. The minimum Gasteiger partial charge on any atom is -0.450 e. The number of nitrogens with one attached hydrogen (secondary N) is 1. The molecule has 0 aliphatic rings. The van der Waals surface area contributed by atoms with Gasteiger partial charge >= 0.3 is 5.69 Å². The first-order chi connectivity index (χ1) is 9.60. The number of benzene rings is 2. The van der Waals surface area contributed by atoms with Crippen LogP contribution in [0.4, 0.5) is 5.69 Å². The molecule has 5 nitrogen and oxygen atoms in total. The van der Waals surface area contributed by atoms with Crippen LogP contribution in [-0.4, -0.2) is 12.0 Å². The Balaban J connectivity index is 2.31. The van der Waals surface area contributed by atoms with Gasteiger partial charge in [-0.05, 0) is 43.3 Å². The van der Waals surface area contributed by atoms with Crippen molar-refractivity contribution in [1.29, 1.82) is 0 Å². The molecule has 0 atom stereocenters. The number of aryl methyl sites for hydroxylation is 1. The Morgan fingerprint density at radius 3 is 2.75 bits per heavy atom. The van der Waals surface area contributed by atoms with E-state index < -0.39 is 4.92 Å². The van der Waals surface area contributed by atoms with Gasteiger partial charge in [-0.2, -0.15) is 0 Å². The SMILES string of the molecule is CNCc1cccc(Oc2cc(C)ccc2[N+](=O)[O-])c1. The molecular weight excluding hydrogens is 256 g/mol. The number of rotatable bonds is 5. The first-order valence-corrected chi connectivity index (χ1v) is 6.26. The van der Waals surface area contributed by atoms with Gasteiger partial charge in [0.05, 0.1) is 4.92 Å². The molecule has 2 aromatic carbocycles. The van der Waals surface area contributed by atoms with Gasteiger partial charge in [-0.1, -0.05) is 18.2 Å². The first kappa shape index (κ1) is 14.0. The maximum absolute atomic E-state index is 11.0. The molecule has 0 amide bonds. The summed E-state index contributed by atoms with van der Waals surface area (Å²) in [6, 6.07) is 12.3. The van der Waals surface area contributed by atoms with Crippen molar-refractivity contribution in [2.45, 2.75) is 13.5 Å². The number of hydrogen-bond donors (Lipinski definition) is 1. The van der Waals surface area contributed by atoms with E-state index in [-0.39, 0.29) is 11.4 Å². The molecule has 0 fully saturated rings. The summed E-state index contributed by atoms with van der Waals surface area (Å²) in [5, 5.41) is 14.1. The highest BCUT2D eigenvalue weighted by molar-refractivity contribution is 5.50. The molecule has 2 rings (SSSR count). The largest absolute Gasteiger partial charge is 0.450 e. The molecule has 104 valence electrons. The van der Waals surface area contributed by atoms with Crippen molar-refractivity contribution in [3.8, 4) is 11.5 Å². The van der Waals surface area contributed by atoms with E-state index in [1.54, 1.807) is 18.2 Å². The van der Waals surface area contributed by atoms with Gasteiger partial charge in [0.25, 0.3) is 0 Å². The van der Waals surface area contributed by atoms with Gasteiger partial charge in [0, 0.05) is 12.6 Å². The Kier molecular flexibility index (Phi) is 4.32. The van der Waals surface area contributed by atoms with Crippen molar-refractivity contribution in [3.05, 3.63) is 63.7 Å². The molecule has 5 heteroatoms. The van der Waals surface area contributed by atoms with E-state index in [1.807, 2.05) is 32.2 Å². The second kappa shape index (κ2) is 6.16. The second-order valence-electron chi connectivity index (χ2n) is 4.51. The summed E-state index contributed by atoms with van der Waals surface area (Å²) >= 11 is 0. The third-order valence-corrected chi connectivity index (χ3v) is 2.82. The average molecular weight is 272 g/mol. The monoisotopic (exact) mass is 272 g/mol. The Bertz CT molecular complexity index is 626. The quantitative estimate of drug-likeness (QED) is 0.669. The van der Waals surface area contributed by atoms with E-state index in [1.165, 1.54) is 6.07 Å². The highest BCUT2D eigenvalue weighted by Gasteiger charge is 2.15. The standard InChI is InChI=1S/C15H16N2O3/c1-11-6-7-14(17(18)19)15(8-11)20-13-5-3-4-12(9-13)10-16-2/h3-9,16H,10H2,1-2H3. The van der Waals surface area contributed by atoms with Crippen molar-refractivity contribution in [1.82, 2.24) is 5.32 Å². The van der Waals surface area contributed by atoms with Crippen LogP contribution in [0, 0.1) is 17.0 Å². The molecule has 20 heavy (non-hydrogen) atoms. The van der Waals surface area contributed by atoms with Gasteiger partial charge in [0.2, 0.25) is 5.75 Å². The van der Waals surface area contributed by atoms with Gasteiger partial charge in [0.1, 0.15) is 5.75 Å². The molecule has 2 aromatic rings. The summed E-state index contributed by atoms with van der Waals surface area (Å²) < 4.78 is 5.67. The lowest BCUT2D eigenvalue weighted by atomic mass is 10.2. The van der Waals surface area contributed by atoms with E-state index >= 15 is 0 Å². The lowest BCUT2D eigenvalue weighted by molar-refractivity contribution is -0.385. The molecule has 0 aromatic heterocycles. The molecule has 0 spiro atoms. The molecule has 0 aliphatic carbocycles. The Labute approximate surface area is 117 Å². The number of nitro benzene ring substituents is 1. The third kappa shape index (κ3) is 3.33. The third-order valence-electron chi connectivity index (χ3n) is 2.82. The summed E-state index contributed by atoms with van der Waals surface area (Å²) in [5.41, 5.74) is 1.94. The van der Waals surface area contributed by atoms with Gasteiger partial charge in [0.15, 0.2) is 0 Å². The predicted octanol–water partition coefficient (Wildman–Crippen LogP) is 3.41. The zero-order chi connectivity index (χ0) is 14.5. The van der Waals surface area contributed by atoms with E-state index in [0.29, 0.717) is 12.3 Å². The van der Waals surface area contributed by atoms with E-state index in [0.717, 1.165) is 11.1 Å². The minimum atomic E-state index is -0.438. The van der Waals surface area contributed by atoms with Crippen molar-refractivity contribution >= 4 is 5.69 Å². The van der Waals surface area contributed by atoms with Crippen molar-refractivity contribution < 1.29 is 9.66 Å². The zero-order valence-electron chi connectivity index (χ0n) is 11.4. The molecule has 0 heterocycles. The molecule has 0 radical (unpaired) electrons. The molecule has 0 aliphatic heterocycles. The molecule has 0 bridgehead atoms. The van der Waals surface area contributed by atoms with E-state index in [9.17, 15) is 10.1 Å². The number of ether oxygens (including phenoxy) is 1. The molecule has 0 saturated heterocycles. The first-order valence-electron chi connectivity index (χ1n) is 6.26. The molecule has 0 unspecified atom stereocenters. The Morgan fingerprint density at radius 1 is 1.25 bits per heavy atom. The lowest BCUT2D eigenvalue weighted by Crippen LogP contribution is -2.04. The summed E-state index contributed by atoms with van der Waals surface area (Å²) in [4.78, 5) is 10.6. The van der Waals surface area contributed by atoms with Crippen LogP contribution in [0.3, 0.4) is 0 Å². The van der Waals surface area contributed by atoms with Gasteiger partial charge in [-0.3, -0.25) is 10.1 Å². The molecule has 1 N–H and O–H groups in total.